The van der Waals surface area contributed by atoms with Gasteiger partial charge in [0.15, 0.2) is 0 Å². The van der Waals surface area contributed by atoms with Crippen molar-refractivity contribution in [3.63, 3.8) is 0 Å². The van der Waals surface area contributed by atoms with Gasteiger partial charge < -0.3 is 5.32 Å². The number of carbonyl (C=O) groups is 2. The van der Waals surface area contributed by atoms with Gasteiger partial charge in [-0.15, -0.1) is 0 Å². The van der Waals surface area contributed by atoms with Gasteiger partial charge in [0, 0.05) is 34.9 Å². The number of non-ortho nitro benzene ring substituents is 1. The Balaban J connectivity index is 1.89. The number of nitrogens with zero attached hydrogens (tertiary/aromatic N) is 3. The van der Waals surface area contributed by atoms with Crippen molar-refractivity contribution in [1.29, 1.82) is 0 Å². The fourth-order valence-corrected chi connectivity index (χ4v) is 2.15. The predicted molar refractivity (Wildman–Crippen MR) is 99.0 cm³/mol. The number of hydrogen-bond donors (Lipinski definition) is 2. The number of nitro benzene ring substituents is 2. The second-order valence-corrected chi connectivity index (χ2v) is 5.59. The number of hydrazone groups is 1. The maximum Gasteiger partial charge on any atom is 0.273 e. The standard InChI is InChI=1S/C17H15N5O6/c1-11-5-6-13(8-15(11)22(27)28)17(24)18-10-16(23)20-19-9-12-3-2-4-14(7-12)21(25)26/h2-9H,10H2,1H3,(H,18,24)(H,20,23)/b19-9+. The van der Waals surface area contributed by atoms with Crippen molar-refractivity contribution >= 4 is 29.4 Å². The van der Waals surface area contributed by atoms with Crippen molar-refractivity contribution in [2.75, 3.05) is 6.54 Å². The van der Waals surface area contributed by atoms with Crippen LogP contribution in [-0.4, -0.2) is 34.4 Å². The molecule has 2 aromatic carbocycles. The molecule has 0 aliphatic rings. The van der Waals surface area contributed by atoms with Gasteiger partial charge in [0.05, 0.1) is 22.6 Å². The van der Waals surface area contributed by atoms with Gasteiger partial charge in [0.25, 0.3) is 23.2 Å². The molecule has 0 aromatic heterocycles. The molecule has 2 rings (SSSR count). The van der Waals surface area contributed by atoms with E-state index in [0.29, 0.717) is 11.1 Å². The van der Waals surface area contributed by atoms with Crippen LogP contribution >= 0.6 is 0 Å². The summed E-state index contributed by atoms with van der Waals surface area (Å²) in [6, 6.07) is 9.62. The van der Waals surface area contributed by atoms with Crippen LogP contribution in [0.5, 0.6) is 0 Å². The number of rotatable bonds is 7. The third-order valence-corrected chi connectivity index (χ3v) is 3.56. The van der Waals surface area contributed by atoms with Crippen LogP contribution in [-0.2, 0) is 4.79 Å². The number of carbonyl (C=O) groups excluding carboxylic acids is 2. The number of amides is 2. The van der Waals surface area contributed by atoms with E-state index < -0.39 is 28.2 Å². The summed E-state index contributed by atoms with van der Waals surface area (Å²) in [6.07, 6.45) is 1.22. The number of benzene rings is 2. The molecular weight excluding hydrogens is 370 g/mol. The molecule has 0 fully saturated rings. The third-order valence-electron chi connectivity index (χ3n) is 3.56. The van der Waals surface area contributed by atoms with Gasteiger partial charge in [0.1, 0.15) is 0 Å². The van der Waals surface area contributed by atoms with Crippen LogP contribution in [0.4, 0.5) is 11.4 Å². The van der Waals surface area contributed by atoms with Gasteiger partial charge in [-0.25, -0.2) is 5.43 Å². The van der Waals surface area contributed by atoms with E-state index in [0.717, 1.165) is 6.07 Å². The van der Waals surface area contributed by atoms with E-state index in [1.165, 1.54) is 36.5 Å². The predicted octanol–water partition coefficient (Wildman–Crippen LogP) is 1.69. The first kappa shape index (κ1) is 20.2. The highest BCUT2D eigenvalue weighted by atomic mass is 16.6. The van der Waals surface area contributed by atoms with Crippen LogP contribution in [0.2, 0.25) is 0 Å². The molecule has 0 unspecified atom stereocenters. The normalized spacial score (nSPS) is 10.5. The van der Waals surface area contributed by atoms with Gasteiger partial charge in [0.2, 0.25) is 0 Å². The van der Waals surface area contributed by atoms with E-state index in [1.54, 1.807) is 13.0 Å². The van der Waals surface area contributed by atoms with Crippen molar-refractivity contribution in [3.8, 4) is 0 Å². The molecule has 2 amide bonds. The van der Waals surface area contributed by atoms with Crippen LogP contribution in [0.1, 0.15) is 21.5 Å². The zero-order valence-electron chi connectivity index (χ0n) is 14.6. The van der Waals surface area contributed by atoms with Crippen LogP contribution in [0.25, 0.3) is 0 Å². The summed E-state index contributed by atoms with van der Waals surface area (Å²) in [5.41, 5.74) is 2.72. The van der Waals surface area contributed by atoms with Crippen molar-refractivity contribution < 1.29 is 19.4 Å². The molecule has 0 atom stereocenters. The van der Waals surface area contributed by atoms with Gasteiger partial charge in [-0.3, -0.25) is 29.8 Å². The molecule has 11 heteroatoms. The minimum atomic E-state index is -0.652. The van der Waals surface area contributed by atoms with Gasteiger partial charge in [-0.2, -0.15) is 5.10 Å². The largest absolute Gasteiger partial charge is 0.343 e. The van der Waals surface area contributed by atoms with Crippen molar-refractivity contribution in [3.05, 3.63) is 79.4 Å². The van der Waals surface area contributed by atoms with E-state index in [-0.39, 0.29) is 16.9 Å². The molecule has 0 saturated heterocycles. The summed E-state index contributed by atoms with van der Waals surface area (Å²) in [4.78, 5) is 44.2. The lowest BCUT2D eigenvalue weighted by Gasteiger charge is -2.05. The minimum Gasteiger partial charge on any atom is -0.343 e. The highest BCUT2D eigenvalue weighted by Crippen LogP contribution is 2.19. The lowest BCUT2D eigenvalue weighted by Crippen LogP contribution is -2.34. The molecular formula is C17H15N5O6. The maximum absolute atomic E-state index is 12.0. The summed E-state index contributed by atoms with van der Waals surface area (Å²) in [5.74, 6) is -1.29. The van der Waals surface area contributed by atoms with Gasteiger partial charge >= 0.3 is 0 Å². The van der Waals surface area contributed by atoms with Gasteiger partial charge in [-0.1, -0.05) is 18.2 Å². The zero-order chi connectivity index (χ0) is 20.7. The molecule has 28 heavy (non-hydrogen) atoms. The molecule has 144 valence electrons. The minimum absolute atomic E-state index is 0.0465. The molecule has 11 nitrogen and oxygen atoms in total. The molecule has 0 radical (unpaired) electrons. The van der Waals surface area contributed by atoms with E-state index in [9.17, 15) is 29.8 Å². The third kappa shape index (κ3) is 5.42. The average molecular weight is 385 g/mol. The lowest BCUT2D eigenvalue weighted by molar-refractivity contribution is -0.385. The SMILES string of the molecule is Cc1ccc(C(=O)NCC(=O)N/N=C/c2cccc([N+](=O)[O-])c2)cc1[N+](=O)[O-]. The zero-order valence-corrected chi connectivity index (χ0v) is 14.6. The lowest BCUT2D eigenvalue weighted by atomic mass is 10.1. The number of hydrogen-bond acceptors (Lipinski definition) is 7. The summed E-state index contributed by atoms with van der Waals surface area (Å²) >= 11 is 0. The van der Waals surface area contributed by atoms with Crippen LogP contribution in [0, 0.1) is 27.2 Å². The molecule has 2 N–H and O–H groups in total. The summed E-state index contributed by atoms with van der Waals surface area (Å²) in [7, 11) is 0. The van der Waals surface area contributed by atoms with E-state index >= 15 is 0 Å². The molecule has 0 spiro atoms. The molecule has 0 bridgehead atoms. The summed E-state index contributed by atoms with van der Waals surface area (Å²) in [5, 5.41) is 27.6. The molecule has 0 aliphatic carbocycles. The Bertz CT molecular complexity index is 972. The monoisotopic (exact) mass is 385 g/mol. The number of aryl methyl sites for hydroxylation is 1. The summed E-state index contributed by atoms with van der Waals surface area (Å²) in [6.45, 7) is 1.14. The molecule has 2 aromatic rings. The molecule has 0 aliphatic heterocycles. The Hall–Kier alpha value is -4.15. The Morgan fingerprint density at radius 3 is 2.54 bits per heavy atom. The first-order chi connectivity index (χ1) is 13.3. The van der Waals surface area contributed by atoms with Crippen LogP contribution < -0.4 is 10.7 Å². The van der Waals surface area contributed by atoms with Crippen LogP contribution in [0.15, 0.2) is 47.6 Å². The fourth-order valence-electron chi connectivity index (χ4n) is 2.15. The quantitative estimate of drug-likeness (QED) is 0.419. The van der Waals surface area contributed by atoms with Gasteiger partial charge in [-0.05, 0) is 13.0 Å². The second-order valence-electron chi connectivity index (χ2n) is 5.59. The topological polar surface area (TPSA) is 157 Å². The Morgan fingerprint density at radius 2 is 1.86 bits per heavy atom. The first-order valence-electron chi connectivity index (χ1n) is 7.87. The average Bonchev–Trinajstić information content (AvgIpc) is 2.66. The maximum atomic E-state index is 12.0. The highest BCUT2D eigenvalue weighted by molar-refractivity contribution is 5.97. The van der Waals surface area contributed by atoms with Crippen LogP contribution in [0.3, 0.4) is 0 Å². The first-order valence-corrected chi connectivity index (χ1v) is 7.87. The molecule has 0 heterocycles. The van der Waals surface area contributed by atoms with E-state index in [2.05, 4.69) is 15.8 Å². The van der Waals surface area contributed by atoms with Crippen molar-refractivity contribution in [1.82, 2.24) is 10.7 Å². The second kappa shape index (κ2) is 8.98. The van der Waals surface area contributed by atoms with Crippen molar-refractivity contribution in [2.45, 2.75) is 6.92 Å². The number of nitrogens with one attached hydrogen (secondary N) is 2. The fraction of sp³-hybridized carbons (Fsp3) is 0.118. The number of nitro groups is 2. The Morgan fingerprint density at radius 1 is 1.11 bits per heavy atom. The smallest absolute Gasteiger partial charge is 0.273 e. The highest BCUT2D eigenvalue weighted by Gasteiger charge is 2.15. The summed E-state index contributed by atoms with van der Waals surface area (Å²) < 4.78 is 0. The Kier molecular flexibility index (Phi) is 6.47. The molecule has 0 saturated carbocycles. The van der Waals surface area contributed by atoms with E-state index in [1.807, 2.05) is 0 Å². The Labute approximate surface area is 158 Å². The van der Waals surface area contributed by atoms with Crippen molar-refractivity contribution in [2.24, 2.45) is 5.10 Å². The van der Waals surface area contributed by atoms with E-state index in [4.69, 9.17) is 0 Å².